The van der Waals surface area contributed by atoms with Crippen LogP contribution >= 0.6 is 11.6 Å². The van der Waals surface area contributed by atoms with Crippen molar-refractivity contribution in [1.29, 1.82) is 0 Å². The number of rotatable bonds is 4. The Bertz CT molecular complexity index is 499. The number of benzene rings is 1. The second-order valence-electron chi connectivity index (χ2n) is 3.40. The summed E-state index contributed by atoms with van der Waals surface area (Å²) in [7, 11) is 0. The average Bonchev–Trinajstić information content (AvgIpc) is 2.27. The average molecular weight is 297 g/mol. The van der Waals surface area contributed by atoms with E-state index >= 15 is 0 Å². The van der Waals surface area contributed by atoms with Crippen molar-refractivity contribution >= 4 is 23.4 Å². The van der Waals surface area contributed by atoms with Crippen LogP contribution in [0.15, 0.2) is 18.2 Å². The van der Waals surface area contributed by atoms with Gasteiger partial charge in [0.2, 0.25) is 0 Å². The maximum Gasteiger partial charge on any atom is 0.573 e. The van der Waals surface area contributed by atoms with Crippen molar-refractivity contribution in [1.82, 2.24) is 0 Å². The molecular weight excluding hydrogens is 289 g/mol. The third-order valence-corrected chi connectivity index (χ3v) is 2.20. The molecule has 1 aromatic carbocycles. The highest BCUT2D eigenvalue weighted by molar-refractivity contribution is 6.32. The number of carbonyl (C=O) groups excluding carboxylic acids is 2. The highest BCUT2D eigenvalue weighted by atomic mass is 35.5. The molecule has 0 unspecified atom stereocenters. The van der Waals surface area contributed by atoms with E-state index in [1.165, 1.54) is 6.07 Å². The molecule has 4 nitrogen and oxygen atoms in total. The quantitative estimate of drug-likeness (QED) is 0.633. The third kappa shape index (κ3) is 5.17. The van der Waals surface area contributed by atoms with Crippen molar-refractivity contribution in [3.8, 4) is 5.75 Å². The topological polar surface area (TPSA) is 52.6 Å². The summed E-state index contributed by atoms with van der Waals surface area (Å²) in [4.78, 5) is 22.0. The lowest BCUT2D eigenvalue weighted by atomic mass is 10.1. The Morgan fingerprint density at radius 2 is 1.95 bits per heavy atom. The van der Waals surface area contributed by atoms with Crippen LogP contribution in [0.3, 0.4) is 0 Å². The minimum atomic E-state index is -4.92. The van der Waals surface area contributed by atoms with E-state index in [0.29, 0.717) is 0 Å². The number of carbonyl (C=O) groups is 2. The number of ketones is 1. The summed E-state index contributed by atoms with van der Waals surface area (Å²) in [5.74, 6) is -2.03. The van der Waals surface area contributed by atoms with Gasteiger partial charge in [0, 0.05) is 12.5 Å². The predicted octanol–water partition coefficient (Wildman–Crippen LogP) is 2.98. The second-order valence-corrected chi connectivity index (χ2v) is 3.80. The number of alkyl halides is 3. The molecule has 0 atom stereocenters. The van der Waals surface area contributed by atoms with Gasteiger partial charge in [-0.3, -0.25) is 9.59 Å². The van der Waals surface area contributed by atoms with Crippen molar-refractivity contribution in [2.24, 2.45) is 0 Å². The van der Waals surface area contributed by atoms with E-state index in [1.54, 1.807) is 0 Å². The highest BCUT2D eigenvalue weighted by Crippen LogP contribution is 2.31. The molecular formula is C11H8ClF3O4. The maximum atomic E-state index is 12.1. The first-order chi connectivity index (χ1) is 8.69. The Morgan fingerprint density at radius 1 is 1.32 bits per heavy atom. The Morgan fingerprint density at radius 3 is 2.47 bits per heavy atom. The van der Waals surface area contributed by atoms with Gasteiger partial charge in [-0.2, -0.15) is 0 Å². The first-order valence-electron chi connectivity index (χ1n) is 4.91. The fourth-order valence-electron chi connectivity index (χ4n) is 1.13. The smallest absolute Gasteiger partial charge is 0.457 e. The van der Waals surface area contributed by atoms with E-state index in [1.807, 2.05) is 0 Å². The molecule has 0 N–H and O–H groups in total. The third-order valence-electron chi connectivity index (χ3n) is 1.89. The van der Waals surface area contributed by atoms with Crippen molar-refractivity contribution in [2.75, 3.05) is 6.61 Å². The number of Topliss-reactive ketones (excluding diaryl/α,β-unsaturated/α-hetero) is 1. The van der Waals surface area contributed by atoms with Gasteiger partial charge in [-0.05, 0) is 18.2 Å². The molecule has 0 spiro atoms. The van der Waals surface area contributed by atoms with E-state index in [9.17, 15) is 22.8 Å². The molecule has 0 aliphatic carbocycles. The summed E-state index contributed by atoms with van der Waals surface area (Å²) < 4.78 is 44.3. The molecule has 0 aromatic heterocycles. The van der Waals surface area contributed by atoms with Gasteiger partial charge < -0.3 is 9.47 Å². The van der Waals surface area contributed by atoms with Crippen LogP contribution in [0.25, 0.3) is 0 Å². The fourth-order valence-corrected chi connectivity index (χ4v) is 1.29. The van der Waals surface area contributed by atoms with Gasteiger partial charge in [0.15, 0.2) is 12.4 Å². The molecule has 0 radical (unpaired) electrons. The van der Waals surface area contributed by atoms with E-state index in [0.717, 1.165) is 19.1 Å². The molecule has 0 amide bonds. The van der Waals surface area contributed by atoms with Crippen LogP contribution in [-0.4, -0.2) is 24.7 Å². The van der Waals surface area contributed by atoms with Crippen LogP contribution in [0.5, 0.6) is 5.75 Å². The molecule has 0 aliphatic heterocycles. The molecule has 104 valence electrons. The van der Waals surface area contributed by atoms with Gasteiger partial charge >= 0.3 is 12.3 Å². The molecule has 0 fully saturated rings. The van der Waals surface area contributed by atoms with Crippen LogP contribution in [0.2, 0.25) is 5.02 Å². The first kappa shape index (κ1) is 15.3. The number of halogens is 4. The van der Waals surface area contributed by atoms with Crippen LogP contribution in [0.1, 0.15) is 17.3 Å². The predicted molar refractivity (Wildman–Crippen MR) is 59.1 cm³/mol. The van der Waals surface area contributed by atoms with Crippen LogP contribution in [0, 0.1) is 0 Å². The van der Waals surface area contributed by atoms with Gasteiger partial charge in [-0.1, -0.05) is 11.6 Å². The van der Waals surface area contributed by atoms with E-state index in [-0.39, 0.29) is 10.6 Å². The zero-order valence-corrected chi connectivity index (χ0v) is 10.3. The van der Waals surface area contributed by atoms with E-state index < -0.39 is 30.5 Å². The normalized spacial score (nSPS) is 11.0. The minimum absolute atomic E-state index is 0.107. The Labute approximate surface area is 111 Å². The fraction of sp³-hybridized carbons (Fsp3) is 0.273. The summed E-state index contributed by atoms with van der Waals surface area (Å²) in [6.45, 7) is 0.537. The Balaban J connectivity index is 2.89. The molecule has 1 aromatic rings. The molecule has 1 rings (SSSR count). The van der Waals surface area contributed by atoms with Crippen molar-refractivity contribution in [3.05, 3.63) is 28.8 Å². The van der Waals surface area contributed by atoms with Crippen molar-refractivity contribution < 1.29 is 32.2 Å². The van der Waals surface area contributed by atoms with Gasteiger partial charge in [-0.25, -0.2) is 0 Å². The lowest BCUT2D eigenvalue weighted by molar-refractivity contribution is -0.274. The minimum Gasteiger partial charge on any atom is -0.457 e. The zero-order chi connectivity index (χ0) is 14.6. The molecule has 0 saturated carbocycles. The molecule has 0 bridgehead atoms. The zero-order valence-electron chi connectivity index (χ0n) is 9.58. The number of hydrogen-bond acceptors (Lipinski definition) is 4. The number of esters is 1. The first-order valence-corrected chi connectivity index (χ1v) is 5.28. The van der Waals surface area contributed by atoms with Gasteiger partial charge in [0.25, 0.3) is 0 Å². The molecule has 8 heteroatoms. The van der Waals surface area contributed by atoms with Crippen molar-refractivity contribution in [3.63, 3.8) is 0 Å². The number of ether oxygens (including phenoxy) is 2. The molecule has 19 heavy (non-hydrogen) atoms. The monoisotopic (exact) mass is 296 g/mol. The molecule has 0 saturated heterocycles. The molecule has 0 heterocycles. The largest absolute Gasteiger partial charge is 0.573 e. The lowest BCUT2D eigenvalue weighted by Crippen LogP contribution is -2.18. The van der Waals surface area contributed by atoms with Crippen molar-refractivity contribution in [2.45, 2.75) is 13.3 Å². The standard InChI is InChI=1S/C11H8ClF3O4/c1-6(16)18-5-9(17)7-2-3-8(12)10(4-7)19-11(13,14)15/h2-4H,5H2,1H3. The Kier molecular flexibility index (Phi) is 4.77. The van der Waals surface area contributed by atoms with Crippen LogP contribution in [0.4, 0.5) is 13.2 Å². The lowest BCUT2D eigenvalue weighted by Gasteiger charge is -2.11. The van der Waals surface area contributed by atoms with Crippen LogP contribution < -0.4 is 4.74 Å². The number of hydrogen-bond donors (Lipinski definition) is 0. The van der Waals surface area contributed by atoms with Gasteiger partial charge in [0.1, 0.15) is 5.75 Å². The SMILES string of the molecule is CC(=O)OCC(=O)c1ccc(Cl)c(OC(F)(F)F)c1. The molecule has 0 aliphatic rings. The van der Waals surface area contributed by atoms with E-state index in [4.69, 9.17) is 11.6 Å². The second kappa shape index (κ2) is 5.92. The highest BCUT2D eigenvalue weighted by Gasteiger charge is 2.32. The van der Waals surface area contributed by atoms with Crippen LogP contribution in [-0.2, 0) is 9.53 Å². The van der Waals surface area contributed by atoms with E-state index in [2.05, 4.69) is 9.47 Å². The van der Waals surface area contributed by atoms with Gasteiger partial charge in [0.05, 0.1) is 5.02 Å². The summed E-state index contributed by atoms with van der Waals surface area (Å²) in [6.07, 6.45) is -4.92. The maximum absolute atomic E-state index is 12.1. The summed E-state index contributed by atoms with van der Waals surface area (Å²) in [6, 6.07) is 3.13. The summed E-state index contributed by atoms with van der Waals surface area (Å²) in [5.41, 5.74) is -0.107. The summed E-state index contributed by atoms with van der Waals surface area (Å²) in [5, 5.41) is -0.290. The van der Waals surface area contributed by atoms with Gasteiger partial charge in [-0.15, -0.1) is 13.2 Å². The summed E-state index contributed by atoms with van der Waals surface area (Å²) >= 11 is 5.51. The Hall–Kier alpha value is -1.76.